The van der Waals surface area contributed by atoms with E-state index in [9.17, 15) is 9.50 Å². The van der Waals surface area contributed by atoms with Gasteiger partial charge in [-0.2, -0.15) is 5.10 Å². The molecule has 2 fully saturated rings. The molecule has 5 nitrogen and oxygen atoms in total. The van der Waals surface area contributed by atoms with Crippen LogP contribution < -0.4 is 10.2 Å². The molecule has 0 radical (unpaired) electrons. The molecule has 1 aliphatic heterocycles. The molecule has 5 rings (SSSR count). The Morgan fingerprint density at radius 2 is 1.89 bits per heavy atom. The maximum Gasteiger partial charge on any atom is 0.159 e. The fraction of sp³-hybridized carbons (Fsp3) is 0.333. The molecule has 3 aromatic rings. The first-order valence-electron chi connectivity index (χ1n) is 9.57. The van der Waals surface area contributed by atoms with Gasteiger partial charge in [-0.15, -0.1) is 5.10 Å². The highest BCUT2D eigenvalue weighted by Gasteiger charge is 2.30. The van der Waals surface area contributed by atoms with E-state index in [1.165, 1.54) is 18.2 Å². The second-order valence-electron chi connectivity index (χ2n) is 7.43. The fourth-order valence-electron chi connectivity index (χ4n) is 3.92. The van der Waals surface area contributed by atoms with Crippen molar-refractivity contribution in [3.8, 4) is 16.9 Å². The van der Waals surface area contributed by atoms with Crippen LogP contribution in [0, 0.1) is 5.82 Å². The van der Waals surface area contributed by atoms with Crippen molar-refractivity contribution in [3.05, 3.63) is 46.9 Å². The lowest BCUT2D eigenvalue weighted by atomic mass is 9.98. The Kier molecular flexibility index (Phi) is 4.33. The van der Waals surface area contributed by atoms with Gasteiger partial charge in [-0.3, -0.25) is 0 Å². The Balaban J connectivity index is 1.75. The van der Waals surface area contributed by atoms with Gasteiger partial charge in [-0.25, -0.2) is 4.39 Å². The Bertz CT molecular complexity index is 1040. The van der Waals surface area contributed by atoms with Crippen molar-refractivity contribution in [3.63, 3.8) is 0 Å². The number of aromatic nitrogens is 2. The van der Waals surface area contributed by atoms with Crippen LogP contribution in [0.25, 0.3) is 21.9 Å². The van der Waals surface area contributed by atoms with Crippen molar-refractivity contribution in [2.75, 3.05) is 31.1 Å². The van der Waals surface area contributed by atoms with E-state index in [1.54, 1.807) is 0 Å². The van der Waals surface area contributed by atoms with Crippen molar-refractivity contribution >= 4 is 28.2 Å². The molecule has 0 amide bonds. The predicted octanol–water partition coefficient (Wildman–Crippen LogP) is 4.08. The van der Waals surface area contributed by atoms with Crippen LogP contribution in [0.15, 0.2) is 30.3 Å². The standard InChI is InChI=1S/C21H20ClFN4O/c22-16-11-14-13(10-15(16)19-17(23)2-1-3-18(19)28)20(12-4-5-12)25-26-21(14)27-8-6-24-7-9-27/h1-3,10-12,24,28H,4-9H2. The zero-order valence-electron chi connectivity index (χ0n) is 15.3. The number of hydrogen-bond donors (Lipinski definition) is 2. The van der Waals surface area contributed by atoms with E-state index in [2.05, 4.69) is 20.4 Å². The number of benzene rings is 2. The summed E-state index contributed by atoms with van der Waals surface area (Å²) in [4.78, 5) is 2.21. The summed E-state index contributed by atoms with van der Waals surface area (Å²) < 4.78 is 14.5. The minimum atomic E-state index is -0.501. The maximum absolute atomic E-state index is 14.5. The van der Waals surface area contributed by atoms with E-state index in [4.69, 9.17) is 11.6 Å². The Morgan fingerprint density at radius 3 is 2.61 bits per heavy atom. The summed E-state index contributed by atoms with van der Waals surface area (Å²) in [5.41, 5.74) is 1.53. The SMILES string of the molecule is Oc1cccc(F)c1-c1cc2c(C3CC3)nnc(N3CCNCC3)c2cc1Cl. The molecule has 1 saturated heterocycles. The molecule has 1 aliphatic carbocycles. The van der Waals surface area contributed by atoms with Gasteiger partial charge < -0.3 is 15.3 Å². The molecule has 0 unspecified atom stereocenters. The monoisotopic (exact) mass is 398 g/mol. The van der Waals surface area contributed by atoms with Crippen LogP contribution in [0.5, 0.6) is 5.75 Å². The lowest BCUT2D eigenvalue weighted by Crippen LogP contribution is -2.44. The largest absolute Gasteiger partial charge is 0.507 e. The Morgan fingerprint density at radius 1 is 1.11 bits per heavy atom. The maximum atomic E-state index is 14.5. The predicted molar refractivity (Wildman–Crippen MR) is 109 cm³/mol. The number of rotatable bonds is 3. The van der Waals surface area contributed by atoms with Crippen molar-refractivity contribution in [2.45, 2.75) is 18.8 Å². The second kappa shape index (κ2) is 6.87. The van der Waals surface area contributed by atoms with Gasteiger partial charge in [0.1, 0.15) is 11.6 Å². The van der Waals surface area contributed by atoms with Gasteiger partial charge in [0.2, 0.25) is 0 Å². The third-order valence-corrected chi connectivity index (χ3v) is 5.83. The van der Waals surface area contributed by atoms with Crippen LogP contribution in [0.3, 0.4) is 0 Å². The summed E-state index contributed by atoms with van der Waals surface area (Å²) in [5, 5.41) is 24.9. The molecule has 7 heteroatoms. The highest BCUT2D eigenvalue weighted by Crippen LogP contribution is 2.46. The van der Waals surface area contributed by atoms with Gasteiger partial charge in [-0.05, 0) is 37.1 Å². The number of nitrogens with zero attached hydrogens (tertiary/aromatic N) is 3. The number of halogens is 2. The van der Waals surface area contributed by atoms with E-state index >= 15 is 0 Å². The number of piperazine rings is 1. The second-order valence-corrected chi connectivity index (χ2v) is 7.84. The van der Waals surface area contributed by atoms with Gasteiger partial charge in [0, 0.05) is 53.5 Å². The zero-order valence-corrected chi connectivity index (χ0v) is 16.0. The average Bonchev–Trinajstić information content (AvgIpc) is 3.53. The number of nitrogens with one attached hydrogen (secondary N) is 1. The zero-order chi connectivity index (χ0) is 19.3. The molecule has 0 atom stereocenters. The van der Waals surface area contributed by atoms with Crippen molar-refractivity contribution in [1.82, 2.24) is 15.5 Å². The third kappa shape index (κ3) is 2.97. The lowest BCUT2D eigenvalue weighted by Gasteiger charge is -2.29. The molecule has 0 bridgehead atoms. The third-order valence-electron chi connectivity index (χ3n) is 5.52. The first kappa shape index (κ1) is 17.6. The number of anilines is 1. The van der Waals surface area contributed by atoms with E-state index in [-0.39, 0.29) is 11.3 Å². The quantitative estimate of drug-likeness (QED) is 0.696. The summed E-state index contributed by atoms with van der Waals surface area (Å²) in [6, 6.07) is 7.98. The summed E-state index contributed by atoms with van der Waals surface area (Å²) >= 11 is 6.58. The van der Waals surface area contributed by atoms with Crippen molar-refractivity contribution in [2.24, 2.45) is 0 Å². The highest BCUT2D eigenvalue weighted by molar-refractivity contribution is 6.34. The molecule has 144 valence electrons. The topological polar surface area (TPSA) is 61.3 Å². The molecule has 2 heterocycles. The van der Waals surface area contributed by atoms with Gasteiger partial charge >= 0.3 is 0 Å². The minimum absolute atomic E-state index is 0.122. The number of aromatic hydroxyl groups is 1. The van der Waals surface area contributed by atoms with E-state index < -0.39 is 5.82 Å². The van der Waals surface area contributed by atoms with Gasteiger partial charge in [0.05, 0.1) is 11.3 Å². The van der Waals surface area contributed by atoms with Gasteiger partial charge in [0.15, 0.2) is 5.82 Å². The molecule has 1 saturated carbocycles. The summed E-state index contributed by atoms with van der Waals surface area (Å²) in [7, 11) is 0. The van der Waals surface area contributed by atoms with Gasteiger partial charge in [-0.1, -0.05) is 17.7 Å². The molecular weight excluding hydrogens is 379 g/mol. The van der Waals surface area contributed by atoms with E-state index in [0.29, 0.717) is 16.5 Å². The molecule has 0 spiro atoms. The molecule has 1 aromatic heterocycles. The van der Waals surface area contributed by atoms with Gasteiger partial charge in [0.25, 0.3) is 0 Å². The smallest absolute Gasteiger partial charge is 0.159 e. The first-order valence-corrected chi connectivity index (χ1v) is 9.94. The van der Waals surface area contributed by atoms with Crippen LogP contribution in [0.1, 0.15) is 24.5 Å². The first-order chi connectivity index (χ1) is 13.6. The lowest BCUT2D eigenvalue weighted by molar-refractivity contribution is 0.472. The van der Waals surface area contributed by atoms with Crippen LogP contribution in [-0.2, 0) is 0 Å². The van der Waals surface area contributed by atoms with Crippen LogP contribution >= 0.6 is 11.6 Å². The van der Waals surface area contributed by atoms with Crippen LogP contribution in [0.2, 0.25) is 5.02 Å². The van der Waals surface area contributed by atoms with E-state index in [0.717, 1.165) is 61.3 Å². The molecule has 2 aliphatic rings. The highest BCUT2D eigenvalue weighted by atomic mass is 35.5. The molecule has 28 heavy (non-hydrogen) atoms. The van der Waals surface area contributed by atoms with Crippen LogP contribution in [0.4, 0.5) is 10.2 Å². The van der Waals surface area contributed by atoms with Crippen LogP contribution in [-0.4, -0.2) is 41.5 Å². The molecule has 2 aromatic carbocycles. The number of phenolic OH excluding ortho intramolecular Hbond substituents is 1. The van der Waals surface area contributed by atoms with Crippen molar-refractivity contribution < 1.29 is 9.50 Å². The molecule has 2 N–H and O–H groups in total. The summed E-state index contributed by atoms with van der Waals surface area (Å²) in [6.07, 6.45) is 2.17. The fourth-order valence-corrected chi connectivity index (χ4v) is 4.18. The Labute approximate surface area is 167 Å². The minimum Gasteiger partial charge on any atom is -0.507 e. The number of hydrogen-bond acceptors (Lipinski definition) is 5. The number of phenols is 1. The normalized spacial score (nSPS) is 17.3. The van der Waals surface area contributed by atoms with E-state index in [1.807, 2.05) is 12.1 Å². The molecular formula is C21H20ClFN4O. The summed E-state index contributed by atoms with van der Waals surface area (Å²) in [6.45, 7) is 3.48. The van der Waals surface area contributed by atoms with Crippen molar-refractivity contribution in [1.29, 1.82) is 0 Å². The number of fused-ring (bicyclic) bond motifs is 1. The Hall–Kier alpha value is -2.44. The average molecular weight is 399 g/mol. The summed E-state index contributed by atoms with van der Waals surface area (Å²) in [5.74, 6) is 0.569.